The fraction of sp³-hybridized carbons (Fsp3) is 0.622. The Morgan fingerprint density at radius 3 is 2.47 bits per heavy atom. The molecule has 0 aromatic heterocycles. The fourth-order valence-electron chi connectivity index (χ4n) is 8.61. The van der Waals surface area contributed by atoms with Gasteiger partial charge in [-0.05, 0) is 77.8 Å². The number of rotatable bonds is 11. The van der Waals surface area contributed by atoms with Crippen LogP contribution < -0.4 is 10.6 Å². The number of benzene rings is 2. The number of hydroxylamine groups is 2. The molecule has 3 saturated carbocycles. The molecule has 10 nitrogen and oxygen atoms in total. The Hall–Kier alpha value is -2.86. The molecule has 7 rings (SSSR count). The van der Waals surface area contributed by atoms with Crippen molar-refractivity contribution in [1.82, 2.24) is 20.6 Å². The number of morpholine rings is 1. The van der Waals surface area contributed by atoms with Gasteiger partial charge < -0.3 is 25.6 Å². The van der Waals surface area contributed by atoms with Crippen molar-refractivity contribution in [1.29, 1.82) is 0 Å². The molecule has 0 radical (unpaired) electrons. The van der Waals surface area contributed by atoms with Gasteiger partial charge in [-0.3, -0.25) is 19.3 Å². The van der Waals surface area contributed by atoms with Crippen LogP contribution >= 0.6 is 0 Å². The van der Waals surface area contributed by atoms with Crippen molar-refractivity contribution < 1.29 is 29.4 Å². The summed E-state index contributed by atoms with van der Waals surface area (Å²) in [6.45, 7) is 13.2. The Labute approximate surface area is 278 Å². The van der Waals surface area contributed by atoms with Crippen LogP contribution in [0, 0.1) is 29.1 Å². The number of hydrogen-bond donors (Lipinski definition) is 4. The van der Waals surface area contributed by atoms with E-state index in [2.05, 4.69) is 36.3 Å². The van der Waals surface area contributed by atoms with Gasteiger partial charge in [0.2, 0.25) is 5.91 Å². The number of ether oxygens (including phenoxy) is 1. The summed E-state index contributed by atoms with van der Waals surface area (Å²) in [6, 6.07) is 14.9. The standard InChI is InChI=1S/C37H52N4O6/c1-23-30-19-29(37(30,3)4)20-31(23)39-36(45)34-33(24(2)43)32(22-42)47-41(34)21-25-7-5-8-26(17-25)27-9-6-10-28(18-27)35(44)38-11-12-40-13-15-46-16-14-40/h5-10,17-18,23-24,29-34,42-43H,11-16,19-22H2,1-4H3,(H,38,44)(H,39,45)/t23-,24-,29+,30-,31-,32-,33+,34-/m0/s1. The third-order valence-electron chi connectivity index (χ3n) is 11.6. The zero-order chi connectivity index (χ0) is 33.3. The van der Waals surface area contributed by atoms with E-state index in [0.717, 1.165) is 56.0 Å². The van der Waals surface area contributed by atoms with Crippen LogP contribution in [0.25, 0.3) is 11.1 Å². The van der Waals surface area contributed by atoms with Crippen LogP contribution in [0.1, 0.15) is 56.5 Å². The van der Waals surface area contributed by atoms with E-state index >= 15 is 0 Å². The molecule has 2 saturated heterocycles. The fourth-order valence-corrected chi connectivity index (χ4v) is 8.61. The lowest BCUT2D eigenvalue weighted by Crippen LogP contribution is -2.62. The van der Waals surface area contributed by atoms with E-state index in [-0.39, 0.29) is 24.5 Å². The highest BCUT2D eigenvalue weighted by molar-refractivity contribution is 5.95. The van der Waals surface area contributed by atoms with Crippen LogP contribution in [0.5, 0.6) is 0 Å². The van der Waals surface area contributed by atoms with E-state index in [4.69, 9.17) is 9.57 Å². The number of hydrogen-bond acceptors (Lipinski definition) is 8. The van der Waals surface area contributed by atoms with Gasteiger partial charge >= 0.3 is 0 Å². The van der Waals surface area contributed by atoms with Crippen molar-refractivity contribution in [2.75, 3.05) is 46.0 Å². The molecule has 2 aromatic rings. The highest BCUT2D eigenvalue weighted by Crippen LogP contribution is 2.61. The molecule has 5 aliphatic rings. The lowest BCUT2D eigenvalue weighted by atomic mass is 9.45. The van der Waals surface area contributed by atoms with Gasteiger partial charge in [0.25, 0.3) is 5.91 Å². The van der Waals surface area contributed by atoms with Crippen molar-refractivity contribution in [2.24, 2.45) is 29.1 Å². The van der Waals surface area contributed by atoms with Gasteiger partial charge in [0.1, 0.15) is 12.1 Å². The average Bonchev–Trinajstić information content (AvgIpc) is 3.44. The predicted molar refractivity (Wildman–Crippen MR) is 179 cm³/mol. The number of aliphatic hydroxyl groups excluding tert-OH is 2. The Morgan fingerprint density at radius 2 is 1.79 bits per heavy atom. The second-order valence-corrected chi connectivity index (χ2v) is 14.7. The van der Waals surface area contributed by atoms with E-state index in [1.54, 1.807) is 12.0 Å². The van der Waals surface area contributed by atoms with Crippen LogP contribution in [0.3, 0.4) is 0 Å². The zero-order valence-corrected chi connectivity index (χ0v) is 28.2. The average molecular weight is 649 g/mol. The SMILES string of the molecule is C[C@@H]1[C@@H](NC(=O)[C@@H]2[C@H]([C@H](C)O)[C@H](CO)ON2Cc2cccc(-c3cccc(C(=O)NCCN4CCOCC4)c3)c2)C[C@H]2C[C@@H]1C2(C)C. The summed E-state index contributed by atoms with van der Waals surface area (Å²) in [5.74, 6) is 0.709. The highest BCUT2D eigenvalue weighted by Gasteiger charge is 2.57. The summed E-state index contributed by atoms with van der Waals surface area (Å²) in [7, 11) is 0. The van der Waals surface area contributed by atoms with Gasteiger partial charge in [-0.1, -0.05) is 51.1 Å². The van der Waals surface area contributed by atoms with Gasteiger partial charge in [-0.25, -0.2) is 0 Å². The second kappa shape index (κ2) is 14.3. The minimum Gasteiger partial charge on any atom is -0.394 e. The summed E-state index contributed by atoms with van der Waals surface area (Å²) in [4.78, 5) is 35.4. The molecular formula is C37H52N4O6. The zero-order valence-electron chi connectivity index (χ0n) is 28.2. The Bertz CT molecular complexity index is 1410. The number of carbonyl (C=O) groups excluding carboxylic acids is 2. The third kappa shape index (κ3) is 7.14. The van der Waals surface area contributed by atoms with Gasteiger partial charge in [0.15, 0.2) is 0 Å². The topological polar surface area (TPSA) is 124 Å². The molecule has 3 aliphatic carbocycles. The molecular weight excluding hydrogens is 596 g/mol. The summed E-state index contributed by atoms with van der Waals surface area (Å²) in [6.07, 6.45) is 0.641. The summed E-state index contributed by atoms with van der Waals surface area (Å²) >= 11 is 0. The molecule has 2 aromatic carbocycles. The van der Waals surface area contributed by atoms with Crippen LogP contribution in [-0.2, 0) is 20.9 Å². The first-order valence-corrected chi connectivity index (χ1v) is 17.4. The van der Waals surface area contributed by atoms with Crippen LogP contribution in [0.15, 0.2) is 48.5 Å². The normalized spacial score (nSPS) is 31.1. The van der Waals surface area contributed by atoms with Crippen molar-refractivity contribution in [2.45, 2.75) is 71.4 Å². The van der Waals surface area contributed by atoms with Crippen molar-refractivity contribution in [3.63, 3.8) is 0 Å². The maximum atomic E-state index is 14.0. The largest absolute Gasteiger partial charge is 0.394 e. The molecule has 0 spiro atoms. The maximum Gasteiger partial charge on any atom is 0.251 e. The molecule has 5 fully saturated rings. The number of fused-ring (bicyclic) bond motifs is 2. The monoisotopic (exact) mass is 648 g/mol. The van der Waals surface area contributed by atoms with E-state index in [1.165, 1.54) is 6.42 Å². The Balaban J connectivity index is 1.14. The number of amides is 2. The first-order valence-electron chi connectivity index (χ1n) is 17.4. The lowest BCUT2D eigenvalue weighted by Gasteiger charge is -2.62. The molecule has 0 unspecified atom stereocenters. The summed E-state index contributed by atoms with van der Waals surface area (Å²) in [5.41, 5.74) is 3.67. The van der Waals surface area contributed by atoms with Gasteiger partial charge in [0, 0.05) is 43.7 Å². The predicted octanol–water partition coefficient (Wildman–Crippen LogP) is 3.08. The molecule has 256 valence electrons. The molecule has 10 heteroatoms. The van der Waals surface area contributed by atoms with Gasteiger partial charge in [0.05, 0.1) is 32.5 Å². The van der Waals surface area contributed by atoms with E-state index in [9.17, 15) is 19.8 Å². The van der Waals surface area contributed by atoms with Gasteiger partial charge in [-0.15, -0.1) is 0 Å². The van der Waals surface area contributed by atoms with Crippen LogP contribution in [-0.4, -0.2) is 102 Å². The number of carbonyl (C=O) groups is 2. The highest BCUT2D eigenvalue weighted by atomic mass is 16.7. The molecule has 4 N–H and O–H groups in total. The molecule has 2 aliphatic heterocycles. The van der Waals surface area contributed by atoms with Crippen LogP contribution in [0.2, 0.25) is 0 Å². The minimum absolute atomic E-state index is 0.0797. The molecule has 2 bridgehead atoms. The first kappa shape index (κ1) is 34.0. The van der Waals surface area contributed by atoms with E-state index in [1.807, 2.05) is 48.5 Å². The Kier molecular flexibility index (Phi) is 10.4. The number of aliphatic hydroxyl groups is 2. The first-order chi connectivity index (χ1) is 22.6. The number of nitrogens with zero attached hydrogens (tertiary/aromatic N) is 2. The summed E-state index contributed by atoms with van der Waals surface area (Å²) in [5, 5.41) is 29.0. The van der Waals surface area contributed by atoms with E-state index < -0.39 is 24.2 Å². The lowest BCUT2D eigenvalue weighted by molar-refractivity contribution is -0.183. The van der Waals surface area contributed by atoms with Crippen molar-refractivity contribution in [3.8, 4) is 11.1 Å². The summed E-state index contributed by atoms with van der Waals surface area (Å²) < 4.78 is 5.40. The second-order valence-electron chi connectivity index (χ2n) is 14.7. The molecule has 2 heterocycles. The maximum absolute atomic E-state index is 14.0. The Morgan fingerprint density at radius 1 is 1.06 bits per heavy atom. The van der Waals surface area contributed by atoms with Crippen molar-refractivity contribution >= 4 is 11.8 Å². The van der Waals surface area contributed by atoms with Crippen molar-refractivity contribution in [3.05, 3.63) is 59.7 Å². The molecule has 2 amide bonds. The molecule has 47 heavy (non-hydrogen) atoms. The van der Waals surface area contributed by atoms with E-state index in [0.29, 0.717) is 41.8 Å². The molecule has 8 atom stereocenters. The minimum atomic E-state index is -0.849. The van der Waals surface area contributed by atoms with Gasteiger partial charge in [-0.2, -0.15) is 5.06 Å². The number of nitrogens with one attached hydrogen (secondary N) is 2. The third-order valence-corrected chi connectivity index (χ3v) is 11.6. The quantitative estimate of drug-likeness (QED) is 0.293. The van der Waals surface area contributed by atoms with Crippen LogP contribution in [0.4, 0.5) is 0 Å². The smallest absolute Gasteiger partial charge is 0.251 e.